The minimum atomic E-state index is -0.335. The van der Waals surface area contributed by atoms with Crippen LogP contribution in [0, 0.1) is 0 Å². The average Bonchev–Trinajstić information content (AvgIpc) is 2.53. The van der Waals surface area contributed by atoms with E-state index in [0.717, 1.165) is 5.56 Å². The van der Waals surface area contributed by atoms with E-state index >= 15 is 0 Å². The summed E-state index contributed by atoms with van der Waals surface area (Å²) < 4.78 is 5.84. The molecule has 1 aromatic carbocycles. The van der Waals surface area contributed by atoms with Gasteiger partial charge in [-0.3, -0.25) is 4.79 Å². The van der Waals surface area contributed by atoms with Gasteiger partial charge in [-0.05, 0) is 20.8 Å². The second-order valence-corrected chi connectivity index (χ2v) is 6.54. The molecule has 23 heavy (non-hydrogen) atoms. The topological polar surface area (TPSA) is 55.3 Å². The van der Waals surface area contributed by atoms with E-state index in [0.29, 0.717) is 24.5 Å². The predicted molar refractivity (Wildman–Crippen MR) is 88.0 cm³/mol. The second-order valence-electron chi connectivity index (χ2n) is 6.54. The number of nitrogens with zero attached hydrogens (tertiary/aromatic N) is 3. The van der Waals surface area contributed by atoms with E-state index in [1.807, 2.05) is 56.0 Å². The number of morpholine rings is 1. The van der Waals surface area contributed by atoms with Crippen LogP contribution in [-0.4, -0.2) is 45.6 Å². The summed E-state index contributed by atoms with van der Waals surface area (Å²) in [6.07, 6.45) is 3.22. The van der Waals surface area contributed by atoms with E-state index in [1.54, 1.807) is 12.4 Å². The summed E-state index contributed by atoms with van der Waals surface area (Å²) in [6, 6.07) is 9.72. The first-order valence-corrected chi connectivity index (χ1v) is 7.79. The van der Waals surface area contributed by atoms with Crippen LogP contribution in [0.4, 0.5) is 0 Å². The van der Waals surface area contributed by atoms with E-state index in [-0.39, 0.29) is 17.6 Å². The molecule has 0 N–H and O–H groups in total. The summed E-state index contributed by atoms with van der Waals surface area (Å²) >= 11 is 0. The summed E-state index contributed by atoms with van der Waals surface area (Å²) in [5.41, 5.74) is 1.11. The fourth-order valence-corrected chi connectivity index (χ4v) is 2.97. The lowest BCUT2D eigenvalue weighted by atomic mass is 10.0. The van der Waals surface area contributed by atoms with E-state index in [2.05, 4.69) is 9.97 Å². The molecule has 1 aliphatic rings. The van der Waals surface area contributed by atoms with Gasteiger partial charge in [0.2, 0.25) is 0 Å². The van der Waals surface area contributed by atoms with Crippen molar-refractivity contribution in [1.29, 1.82) is 0 Å². The van der Waals surface area contributed by atoms with Crippen molar-refractivity contribution in [2.75, 3.05) is 13.1 Å². The maximum atomic E-state index is 12.7. The van der Waals surface area contributed by atoms with Gasteiger partial charge in [-0.15, -0.1) is 0 Å². The predicted octanol–water partition coefficient (Wildman–Crippen LogP) is 2.78. The summed E-state index contributed by atoms with van der Waals surface area (Å²) in [6.45, 7) is 7.13. The molecule has 1 amide bonds. The number of rotatable bonds is 2. The standard InChI is InChI=1S/C18H21N3O2/c1-13-11-21(12-18(2,3)23-13)17(22)15-9-19-16(20-10-15)14-7-5-4-6-8-14/h4-10,13H,11-12H2,1-3H3/t13-/m1/s1. The Balaban J connectivity index is 1.78. The van der Waals surface area contributed by atoms with E-state index < -0.39 is 0 Å². The average molecular weight is 311 g/mol. The molecule has 5 nitrogen and oxygen atoms in total. The number of hydrogen-bond donors (Lipinski definition) is 0. The third kappa shape index (κ3) is 3.56. The van der Waals surface area contributed by atoms with E-state index in [1.165, 1.54) is 0 Å². The Morgan fingerprint density at radius 1 is 1.22 bits per heavy atom. The van der Waals surface area contributed by atoms with Crippen molar-refractivity contribution in [2.24, 2.45) is 0 Å². The lowest BCUT2D eigenvalue weighted by Gasteiger charge is -2.41. The van der Waals surface area contributed by atoms with Crippen LogP contribution in [0.2, 0.25) is 0 Å². The molecule has 2 heterocycles. The molecule has 0 unspecified atom stereocenters. The van der Waals surface area contributed by atoms with Crippen LogP contribution in [0.3, 0.4) is 0 Å². The molecule has 1 aliphatic heterocycles. The zero-order chi connectivity index (χ0) is 16.4. The van der Waals surface area contributed by atoms with Gasteiger partial charge in [0.25, 0.3) is 5.91 Å². The SMILES string of the molecule is C[C@@H]1CN(C(=O)c2cnc(-c3ccccc3)nc2)CC(C)(C)O1. The lowest BCUT2D eigenvalue weighted by Crippen LogP contribution is -2.53. The zero-order valence-corrected chi connectivity index (χ0v) is 13.7. The third-order valence-corrected chi connectivity index (χ3v) is 3.79. The number of carbonyl (C=O) groups excluding carboxylic acids is 1. The molecule has 0 aliphatic carbocycles. The molecule has 0 radical (unpaired) electrons. The number of aromatic nitrogens is 2. The van der Waals surface area contributed by atoms with Gasteiger partial charge < -0.3 is 9.64 Å². The molecule has 1 saturated heterocycles. The minimum absolute atomic E-state index is 0.0206. The Kier molecular flexibility index (Phi) is 4.13. The first kappa shape index (κ1) is 15.6. The Labute approximate surface area is 136 Å². The molecule has 1 atom stereocenters. The van der Waals surface area contributed by atoms with Crippen molar-refractivity contribution in [3.8, 4) is 11.4 Å². The second kappa shape index (κ2) is 6.08. The highest BCUT2D eigenvalue weighted by molar-refractivity contribution is 5.93. The number of ether oxygens (including phenoxy) is 1. The molecular weight excluding hydrogens is 290 g/mol. The summed E-state index contributed by atoms with van der Waals surface area (Å²) in [5.74, 6) is 0.575. The largest absolute Gasteiger partial charge is 0.369 e. The fourth-order valence-electron chi connectivity index (χ4n) is 2.97. The first-order valence-electron chi connectivity index (χ1n) is 7.79. The van der Waals surface area contributed by atoms with Crippen LogP contribution in [0.25, 0.3) is 11.4 Å². The van der Waals surface area contributed by atoms with Gasteiger partial charge in [0.05, 0.1) is 17.3 Å². The van der Waals surface area contributed by atoms with Gasteiger partial charge in [0.15, 0.2) is 5.82 Å². The fraction of sp³-hybridized carbons (Fsp3) is 0.389. The number of hydrogen-bond acceptors (Lipinski definition) is 4. The molecule has 0 spiro atoms. The highest BCUT2D eigenvalue weighted by atomic mass is 16.5. The highest BCUT2D eigenvalue weighted by Gasteiger charge is 2.34. The lowest BCUT2D eigenvalue weighted by molar-refractivity contribution is -0.118. The number of amides is 1. The van der Waals surface area contributed by atoms with Gasteiger partial charge in [-0.2, -0.15) is 0 Å². The van der Waals surface area contributed by atoms with Crippen LogP contribution in [0.15, 0.2) is 42.7 Å². The summed E-state index contributed by atoms with van der Waals surface area (Å²) in [4.78, 5) is 23.1. The molecule has 0 saturated carbocycles. The van der Waals surface area contributed by atoms with E-state index in [4.69, 9.17) is 4.74 Å². The van der Waals surface area contributed by atoms with Crippen LogP contribution in [0.5, 0.6) is 0 Å². The quantitative estimate of drug-likeness (QED) is 0.856. The highest BCUT2D eigenvalue weighted by Crippen LogP contribution is 2.22. The van der Waals surface area contributed by atoms with Crippen LogP contribution >= 0.6 is 0 Å². The number of benzene rings is 1. The monoisotopic (exact) mass is 311 g/mol. The molecule has 2 aromatic rings. The van der Waals surface area contributed by atoms with Crippen molar-refractivity contribution in [2.45, 2.75) is 32.5 Å². The zero-order valence-electron chi connectivity index (χ0n) is 13.7. The molecule has 5 heteroatoms. The van der Waals surface area contributed by atoms with Gasteiger partial charge in [-0.1, -0.05) is 30.3 Å². The Bertz CT molecular complexity index is 683. The van der Waals surface area contributed by atoms with Gasteiger partial charge in [0.1, 0.15) is 0 Å². The first-order chi connectivity index (χ1) is 10.9. The normalized spacial score (nSPS) is 20.3. The third-order valence-electron chi connectivity index (χ3n) is 3.79. The van der Waals surface area contributed by atoms with Crippen LogP contribution in [0.1, 0.15) is 31.1 Å². The molecule has 120 valence electrons. The van der Waals surface area contributed by atoms with Gasteiger partial charge >= 0.3 is 0 Å². The minimum Gasteiger partial charge on any atom is -0.369 e. The Morgan fingerprint density at radius 2 is 1.87 bits per heavy atom. The van der Waals surface area contributed by atoms with E-state index in [9.17, 15) is 4.79 Å². The van der Waals surface area contributed by atoms with Crippen molar-refractivity contribution >= 4 is 5.91 Å². The Hall–Kier alpha value is -2.27. The molecule has 3 rings (SSSR count). The Morgan fingerprint density at radius 3 is 2.48 bits per heavy atom. The molecule has 1 aromatic heterocycles. The maximum Gasteiger partial charge on any atom is 0.257 e. The number of carbonyl (C=O) groups is 1. The van der Waals surface area contributed by atoms with Crippen LogP contribution < -0.4 is 0 Å². The van der Waals surface area contributed by atoms with Crippen molar-refractivity contribution in [3.05, 3.63) is 48.3 Å². The molecular formula is C18H21N3O2. The van der Waals surface area contributed by atoms with Crippen molar-refractivity contribution < 1.29 is 9.53 Å². The molecule has 1 fully saturated rings. The maximum absolute atomic E-state index is 12.7. The van der Waals surface area contributed by atoms with Gasteiger partial charge in [0, 0.05) is 31.0 Å². The summed E-state index contributed by atoms with van der Waals surface area (Å²) in [7, 11) is 0. The van der Waals surface area contributed by atoms with Crippen LogP contribution in [-0.2, 0) is 4.74 Å². The van der Waals surface area contributed by atoms with Crippen molar-refractivity contribution in [3.63, 3.8) is 0 Å². The summed E-state index contributed by atoms with van der Waals surface area (Å²) in [5, 5.41) is 0. The van der Waals surface area contributed by atoms with Crippen molar-refractivity contribution in [1.82, 2.24) is 14.9 Å². The smallest absolute Gasteiger partial charge is 0.257 e. The molecule has 0 bridgehead atoms. The van der Waals surface area contributed by atoms with Gasteiger partial charge in [-0.25, -0.2) is 9.97 Å².